The van der Waals surface area contributed by atoms with Crippen molar-refractivity contribution >= 4 is 10.1 Å². The summed E-state index contributed by atoms with van der Waals surface area (Å²) in [5, 5.41) is 0. The van der Waals surface area contributed by atoms with Crippen molar-refractivity contribution in [2.75, 3.05) is 12.4 Å². The minimum Gasteiger partial charge on any atom is -0.270 e. The molecule has 68 valence electrons. The zero-order chi connectivity index (χ0) is 9.12. The van der Waals surface area contributed by atoms with E-state index in [9.17, 15) is 8.42 Å². The van der Waals surface area contributed by atoms with E-state index < -0.39 is 10.1 Å². The van der Waals surface area contributed by atoms with Crippen molar-refractivity contribution in [3.05, 3.63) is 0 Å². The molecule has 0 N–H and O–H groups in total. The maximum Gasteiger partial charge on any atom is 0.267 e. The molecule has 0 aromatic rings. The molecule has 0 amide bonds. The molecule has 0 aromatic carbocycles. The van der Waals surface area contributed by atoms with Crippen LogP contribution in [0.4, 0.5) is 0 Å². The second-order valence-corrected chi connectivity index (χ2v) is 5.31. The quantitative estimate of drug-likeness (QED) is 0.616. The van der Waals surface area contributed by atoms with E-state index in [1.54, 1.807) is 6.92 Å². The van der Waals surface area contributed by atoms with Gasteiger partial charge in [-0.05, 0) is 12.3 Å². The maximum absolute atomic E-state index is 11.0. The predicted octanol–water partition coefficient (Wildman–Crippen LogP) is 1.40. The first kappa shape index (κ1) is 10.9. The molecule has 4 heteroatoms. The van der Waals surface area contributed by atoms with Gasteiger partial charge in [0.25, 0.3) is 10.1 Å². The summed E-state index contributed by atoms with van der Waals surface area (Å²) in [7, 11) is -3.29. The van der Waals surface area contributed by atoms with E-state index in [0.29, 0.717) is 0 Å². The molecule has 0 aliphatic heterocycles. The summed E-state index contributed by atoms with van der Waals surface area (Å²) in [4.78, 5) is 0. The fourth-order valence-electron chi connectivity index (χ4n) is 0.752. The molecule has 0 spiro atoms. The van der Waals surface area contributed by atoms with Gasteiger partial charge in [-0.1, -0.05) is 20.8 Å². The monoisotopic (exact) mass is 180 g/mol. The third-order valence-electron chi connectivity index (χ3n) is 0.907. The van der Waals surface area contributed by atoms with Crippen LogP contribution in [0.5, 0.6) is 0 Å². The largest absolute Gasteiger partial charge is 0.270 e. The molecule has 11 heavy (non-hydrogen) atoms. The highest BCUT2D eigenvalue weighted by atomic mass is 32.2. The van der Waals surface area contributed by atoms with Gasteiger partial charge in [0, 0.05) is 0 Å². The molecular weight excluding hydrogens is 164 g/mol. The zero-order valence-corrected chi connectivity index (χ0v) is 8.36. The molecule has 0 heterocycles. The summed E-state index contributed by atoms with van der Waals surface area (Å²) >= 11 is 0. The van der Waals surface area contributed by atoms with Crippen LogP contribution in [0, 0.1) is 5.41 Å². The zero-order valence-electron chi connectivity index (χ0n) is 7.55. The van der Waals surface area contributed by atoms with Crippen LogP contribution in [0.2, 0.25) is 0 Å². The van der Waals surface area contributed by atoms with Gasteiger partial charge in [0.15, 0.2) is 0 Å². The van der Waals surface area contributed by atoms with E-state index in [1.165, 1.54) is 0 Å². The number of hydrogen-bond acceptors (Lipinski definition) is 3. The van der Waals surface area contributed by atoms with Crippen LogP contribution >= 0.6 is 0 Å². The first-order valence-electron chi connectivity index (χ1n) is 3.64. The van der Waals surface area contributed by atoms with Gasteiger partial charge in [-0.15, -0.1) is 0 Å². The maximum atomic E-state index is 11.0. The van der Waals surface area contributed by atoms with Crippen molar-refractivity contribution in [3.8, 4) is 0 Å². The first-order chi connectivity index (χ1) is 4.77. The Morgan fingerprint density at radius 1 is 1.27 bits per heavy atom. The van der Waals surface area contributed by atoms with Crippen LogP contribution in [-0.4, -0.2) is 20.8 Å². The van der Waals surface area contributed by atoms with Crippen molar-refractivity contribution in [1.82, 2.24) is 0 Å². The van der Waals surface area contributed by atoms with Crippen molar-refractivity contribution in [2.45, 2.75) is 27.7 Å². The third kappa shape index (κ3) is 6.31. The molecule has 0 unspecified atom stereocenters. The van der Waals surface area contributed by atoms with Crippen LogP contribution in [0.3, 0.4) is 0 Å². The van der Waals surface area contributed by atoms with Crippen LogP contribution in [0.25, 0.3) is 0 Å². The van der Waals surface area contributed by atoms with E-state index in [1.807, 2.05) is 20.8 Å². The van der Waals surface area contributed by atoms with Gasteiger partial charge in [-0.2, -0.15) is 8.42 Å². The second-order valence-electron chi connectivity index (χ2n) is 3.67. The predicted molar refractivity (Wildman–Crippen MR) is 44.9 cm³/mol. The Labute approximate surface area is 68.9 Å². The average molecular weight is 180 g/mol. The highest BCUT2D eigenvalue weighted by Crippen LogP contribution is 2.16. The van der Waals surface area contributed by atoms with Crippen LogP contribution in [0.1, 0.15) is 27.7 Å². The van der Waals surface area contributed by atoms with Crippen molar-refractivity contribution < 1.29 is 12.6 Å². The van der Waals surface area contributed by atoms with Crippen LogP contribution in [-0.2, 0) is 14.3 Å². The molecule has 0 saturated carbocycles. The minimum atomic E-state index is -3.29. The van der Waals surface area contributed by atoms with Crippen molar-refractivity contribution in [3.63, 3.8) is 0 Å². The minimum absolute atomic E-state index is 0.0772. The highest BCUT2D eigenvalue weighted by Gasteiger charge is 2.21. The van der Waals surface area contributed by atoms with Gasteiger partial charge in [-0.3, -0.25) is 4.18 Å². The first-order valence-corrected chi connectivity index (χ1v) is 5.22. The summed E-state index contributed by atoms with van der Waals surface area (Å²) < 4.78 is 26.6. The molecule has 0 aromatic heterocycles. The van der Waals surface area contributed by atoms with E-state index in [0.717, 1.165) is 0 Å². The lowest BCUT2D eigenvalue weighted by Gasteiger charge is -2.16. The lowest BCUT2D eigenvalue weighted by atomic mass is 10.0. The lowest BCUT2D eigenvalue weighted by molar-refractivity contribution is 0.324. The summed E-state index contributed by atoms with van der Waals surface area (Å²) in [5.74, 6) is 0.0772. The Morgan fingerprint density at radius 3 is 2.00 bits per heavy atom. The Morgan fingerprint density at radius 2 is 1.73 bits per heavy atom. The molecule has 0 aliphatic carbocycles. The van der Waals surface area contributed by atoms with Gasteiger partial charge in [0.2, 0.25) is 0 Å². The molecule has 0 rings (SSSR count). The van der Waals surface area contributed by atoms with Crippen LogP contribution < -0.4 is 0 Å². The normalized spacial score (nSPS) is 13.5. The summed E-state index contributed by atoms with van der Waals surface area (Å²) in [6.07, 6.45) is 0. The standard InChI is InChI=1S/C7H16O3S/c1-5-10-11(8,9)6-7(2,3)4/h5-6H2,1-4H3. The molecule has 0 bridgehead atoms. The van der Waals surface area contributed by atoms with Gasteiger partial charge in [0.1, 0.15) is 0 Å². The Kier molecular flexibility index (Phi) is 3.51. The van der Waals surface area contributed by atoms with E-state index in [2.05, 4.69) is 4.18 Å². The van der Waals surface area contributed by atoms with Gasteiger partial charge in [-0.25, -0.2) is 0 Å². The number of hydrogen-bond donors (Lipinski definition) is 0. The fraction of sp³-hybridized carbons (Fsp3) is 1.00. The highest BCUT2D eigenvalue weighted by molar-refractivity contribution is 7.86. The SMILES string of the molecule is CCOS(=O)(=O)CC(C)(C)C. The molecule has 0 saturated heterocycles. The molecule has 0 fully saturated rings. The molecule has 0 radical (unpaired) electrons. The van der Waals surface area contributed by atoms with Gasteiger partial charge < -0.3 is 0 Å². The topological polar surface area (TPSA) is 43.4 Å². The molecule has 0 atom stereocenters. The Hall–Kier alpha value is -0.0900. The Bertz CT molecular complexity index is 198. The lowest BCUT2D eigenvalue weighted by Crippen LogP contribution is -2.22. The van der Waals surface area contributed by atoms with E-state index in [-0.39, 0.29) is 17.8 Å². The average Bonchev–Trinajstić information content (AvgIpc) is 1.55. The van der Waals surface area contributed by atoms with E-state index >= 15 is 0 Å². The summed E-state index contributed by atoms with van der Waals surface area (Å²) in [5.41, 5.74) is -0.228. The summed E-state index contributed by atoms with van der Waals surface area (Å²) in [6, 6.07) is 0. The second kappa shape index (κ2) is 3.54. The smallest absolute Gasteiger partial charge is 0.267 e. The summed E-state index contributed by atoms with van der Waals surface area (Å²) in [6.45, 7) is 7.48. The Balaban J connectivity index is 4.15. The number of rotatable bonds is 3. The van der Waals surface area contributed by atoms with Crippen molar-refractivity contribution in [2.24, 2.45) is 5.41 Å². The van der Waals surface area contributed by atoms with Gasteiger partial charge in [0.05, 0.1) is 12.4 Å². The fourth-order valence-corrected chi connectivity index (χ4v) is 2.25. The third-order valence-corrected chi connectivity index (χ3v) is 2.72. The van der Waals surface area contributed by atoms with Crippen LogP contribution in [0.15, 0.2) is 0 Å². The van der Waals surface area contributed by atoms with Crippen molar-refractivity contribution in [1.29, 1.82) is 0 Å². The molecular formula is C7H16O3S. The van der Waals surface area contributed by atoms with E-state index in [4.69, 9.17) is 0 Å². The molecule has 0 aliphatic rings. The molecule has 3 nitrogen and oxygen atoms in total. The van der Waals surface area contributed by atoms with Gasteiger partial charge >= 0.3 is 0 Å².